The summed E-state index contributed by atoms with van der Waals surface area (Å²) in [5.41, 5.74) is 4.53. The fourth-order valence-electron chi connectivity index (χ4n) is 3.15. The van der Waals surface area contributed by atoms with Crippen molar-refractivity contribution in [1.29, 1.82) is 0 Å². The van der Waals surface area contributed by atoms with E-state index in [0.29, 0.717) is 12.1 Å². The normalized spacial score (nSPS) is 15.3. The Bertz CT molecular complexity index is 750. The quantitative estimate of drug-likeness (QED) is 0.882. The second kappa shape index (κ2) is 7.76. The zero-order valence-corrected chi connectivity index (χ0v) is 15.1. The van der Waals surface area contributed by atoms with Crippen LogP contribution in [-0.2, 0) is 11.8 Å². The molecule has 134 valence electrons. The van der Waals surface area contributed by atoms with Crippen LogP contribution in [0.3, 0.4) is 0 Å². The number of ether oxygens (including phenoxy) is 1. The summed E-state index contributed by atoms with van der Waals surface area (Å²) < 4.78 is 7.18. The average molecular weight is 343 g/mol. The molecule has 2 aromatic rings. The molecule has 7 nitrogen and oxygen atoms in total. The smallest absolute Gasteiger partial charge is 0.252 e. The van der Waals surface area contributed by atoms with Gasteiger partial charge in [0.2, 0.25) is 0 Å². The van der Waals surface area contributed by atoms with Crippen LogP contribution in [0.1, 0.15) is 21.7 Å². The molecule has 7 heteroatoms. The lowest BCUT2D eigenvalue weighted by Crippen LogP contribution is -2.41. The highest BCUT2D eigenvalue weighted by atomic mass is 16.5. The first-order valence-corrected chi connectivity index (χ1v) is 8.60. The number of amides is 1. The van der Waals surface area contributed by atoms with E-state index >= 15 is 0 Å². The summed E-state index contributed by atoms with van der Waals surface area (Å²) in [4.78, 5) is 19.0. The highest BCUT2D eigenvalue weighted by Gasteiger charge is 2.15. The summed E-state index contributed by atoms with van der Waals surface area (Å²) in [5, 5.41) is 7.41. The van der Waals surface area contributed by atoms with Gasteiger partial charge in [0.05, 0.1) is 24.5 Å². The van der Waals surface area contributed by atoms with Crippen LogP contribution in [0.5, 0.6) is 0 Å². The van der Waals surface area contributed by atoms with Gasteiger partial charge < -0.3 is 10.1 Å². The molecule has 0 saturated carbocycles. The Morgan fingerprint density at radius 1 is 1.28 bits per heavy atom. The molecular weight excluding hydrogens is 318 g/mol. The molecule has 0 atom stereocenters. The number of rotatable bonds is 5. The van der Waals surface area contributed by atoms with Crippen molar-refractivity contribution in [1.82, 2.24) is 25.0 Å². The molecule has 1 saturated heterocycles. The Morgan fingerprint density at radius 2 is 2.04 bits per heavy atom. The summed E-state index contributed by atoms with van der Waals surface area (Å²) >= 11 is 0. The Morgan fingerprint density at radius 3 is 2.72 bits per heavy atom. The fourth-order valence-corrected chi connectivity index (χ4v) is 3.15. The molecule has 0 radical (unpaired) electrons. The van der Waals surface area contributed by atoms with Crippen LogP contribution < -0.4 is 5.32 Å². The van der Waals surface area contributed by atoms with E-state index in [0.717, 1.165) is 55.4 Å². The second-order valence-electron chi connectivity index (χ2n) is 6.34. The first kappa shape index (κ1) is 17.6. The van der Waals surface area contributed by atoms with Crippen molar-refractivity contribution < 1.29 is 9.53 Å². The lowest BCUT2D eigenvalue weighted by molar-refractivity contribution is 0.0383. The van der Waals surface area contributed by atoms with E-state index < -0.39 is 0 Å². The standard InChI is InChI=1S/C18H25N5O2/c1-13-17(14(2)22(3)21-13)15-10-16(12-19-11-15)18(24)20-4-5-23-6-8-25-9-7-23/h10-12H,4-9H2,1-3H3,(H,20,24). The zero-order valence-electron chi connectivity index (χ0n) is 15.1. The number of nitrogens with zero attached hydrogens (tertiary/aromatic N) is 4. The van der Waals surface area contributed by atoms with Gasteiger partial charge in [-0.2, -0.15) is 5.10 Å². The minimum atomic E-state index is -0.0956. The third kappa shape index (κ3) is 4.05. The molecule has 0 unspecified atom stereocenters. The number of carbonyl (C=O) groups is 1. The third-order valence-electron chi connectivity index (χ3n) is 4.62. The molecule has 0 bridgehead atoms. The highest BCUT2D eigenvalue weighted by molar-refractivity contribution is 5.95. The molecule has 0 spiro atoms. The maximum atomic E-state index is 12.4. The van der Waals surface area contributed by atoms with Gasteiger partial charge in [0.25, 0.3) is 5.91 Å². The predicted molar refractivity (Wildman–Crippen MR) is 95.5 cm³/mol. The number of hydrogen-bond acceptors (Lipinski definition) is 5. The van der Waals surface area contributed by atoms with Crippen molar-refractivity contribution in [3.8, 4) is 11.1 Å². The second-order valence-corrected chi connectivity index (χ2v) is 6.34. The SMILES string of the molecule is Cc1nn(C)c(C)c1-c1cncc(C(=O)NCCN2CCOCC2)c1. The maximum absolute atomic E-state index is 12.4. The molecule has 1 aliphatic rings. The minimum Gasteiger partial charge on any atom is -0.379 e. The van der Waals surface area contributed by atoms with E-state index in [-0.39, 0.29) is 5.91 Å². The summed E-state index contributed by atoms with van der Waals surface area (Å²) in [7, 11) is 1.92. The lowest BCUT2D eigenvalue weighted by Gasteiger charge is -2.26. The van der Waals surface area contributed by atoms with Gasteiger partial charge in [-0.15, -0.1) is 0 Å². The third-order valence-corrected chi connectivity index (χ3v) is 4.62. The van der Waals surface area contributed by atoms with Gasteiger partial charge in [-0.25, -0.2) is 0 Å². The van der Waals surface area contributed by atoms with Gasteiger partial charge in [-0.3, -0.25) is 19.4 Å². The van der Waals surface area contributed by atoms with Crippen LogP contribution in [0.15, 0.2) is 18.5 Å². The van der Waals surface area contributed by atoms with Crippen LogP contribution >= 0.6 is 0 Å². The lowest BCUT2D eigenvalue weighted by atomic mass is 10.0. The Labute approximate surface area is 148 Å². The summed E-state index contributed by atoms with van der Waals surface area (Å²) in [5.74, 6) is -0.0956. The van der Waals surface area contributed by atoms with E-state index in [4.69, 9.17) is 4.74 Å². The Hall–Kier alpha value is -2.25. The predicted octanol–water partition coefficient (Wildman–Crippen LogP) is 1.16. The molecule has 0 aromatic carbocycles. The van der Waals surface area contributed by atoms with E-state index in [1.807, 2.05) is 31.6 Å². The molecule has 1 N–H and O–H groups in total. The van der Waals surface area contributed by atoms with Crippen LogP contribution in [0, 0.1) is 13.8 Å². The van der Waals surface area contributed by atoms with Gasteiger partial charge in [-0.05, 0) is 19.9 Å². The van der Waals surface area contributed by atoms with Crippen molar-refractivity contribution in [2.24, 2.45) is 7.05 Å². The van der Waals surface area contributed by atoms with Crippen molar-refractivity contribution in [3.63, 3.8) is 0 Å². The summed E-state index contributed by atoms with van der Waals surface area (Å²) in [6.45, 7) is 8.82. The van der Waals surface area contributed by atoms with E-state index in [1.165, 1.54) is 0 Å². The molecule has 25 heavy (non-hydrogen) atoms. The van der Waals surface area contributed by atoms with Gasteiger partial charge >= 0.3 is 0 Å². The number of aryl methyl sites for hydroxylation is 2. The largest absolute Gasteiger partial charge is 0.379 e. The first-order valence-electron chi connectivity index (χ1n) is 8.60. The minimum absolute atomic E-state index is 0.0956. The van der Waals surface area contributed by atoms with Crippen molar-refractivity contribution in [3.05, 3.63) is 35.4 Å². The molecule has 3 rings (SSSR count). The summed E-state index contributed by atoms with van der Waals surface area (Å²) in [6.07, 6.45) is 3.39. The first-order chi connectivity index (χ1) is 12.1. The highest BCUT2D eigenvalue weighted by Crippen LogP contribution is 2.26. The molecule has 3 heterocycles. The average Bonchev–Trinajstić information content (AvgIpc) is 2.88. The Balaban J connectivity index is 1.65. The van der Waals surface area contributed by atoms with Gasteiger partial charge in [0, 0.05) is 62.4 Å². The number of morpholine rings is 1. The zero-order chi connectivity index (χ0) is 17.8. The molecule has 1 amide bonds. The molecule has 0 aliphatic carbocycles. The number of nitrogens with one attached hydrogen (secondary N) is 1. The van der Waals surface area contributed by atoms with Gasteiger partial charge in [0.15, 0.2) is 0 Å². The van der Waals surface area contributed by atoms with Crippen molar-refractivity contribution >= 4 is 5.91 Å². The fraction of sp³-hybridized carbons (Fsp3) is 0.500. The number of aromatic nitrogens is 3. The Kier molecular flexibility index (Phi) is 5.45. The van der Waals surface area contributed by atoms with Gasteiger partial charge in [-0.1, -0.05) is 0 Å². The molecule has 1 fully saturated rings. The maximum Gasteiger partial charge on any atom is 0.252 e. The van der Waals surface area contributed by atoms with Crippen molar-refractivity contribution in [2.45, 2.75) is 13.8 Å². The van der Waals surface area contributed by atoms with Crippen LogP contribution in [0.25, 0.3) is 11.1 Å². The van der Waals surface area contributed by atoms with Crippen molar-refractivity contribution in [2.75, 3.05) is 39.4 Å². The summed E-state index contributed by atoms with van der Waals surface area (Å²) in [6, 6.07) is 1.88. The van der Waals surface area contributed by atoms with Gasteiger partial charge in [0.1, 0.15) is 0 Å². The van der Waals surface area contributed by atoms with E-state index in [2.05, 4.69) is 20.3 Å². The number of pyridine rings is 1. The topological polar surface area (TPSA) is 72.3 Å². The number of hydrogen-bond donors (Lipinski definition) is 1. The molecule has 2 aromatic heterocycles. The van der Waals surface area contributed by atoms with E-state index in [9.17, 15) is 4.79 Å². The van der Waals surface area contributed by atoms with Crippen LogP contribution in [-0.4, -0.2) is 65.0 Å². The van der Waals surface area contributed by atoms with Crippen LogP contribution in [0.2, 0.25) is 0 Å². The molecule has 1 aliphatic heterocycles. The monoisotopic (exact) mass is 343 g/mol. The molecular formula is C18H25N5O2. The number of carbonyl (C=O) groups excluding carboxylic acids is 1. The van der Waals surface area contributed by atoms with E-state index in [1.54, 1.807) is 12.4 Å². The van der Waals surface area contributed by atoms with Crippen LogP contribution in [0.4, 0.5) is 0 Å².